The zero-order valence-electron chi connectivity index (χ0n) is 9.61. The Labute approximate surface area is 109 Å². The monoisotopic (exact) mass is 261 g/mol. The van der Waals surface area contributed by atoms with Gasteiger partial charge < -0.3 is 10.6 Å². The summed E-state index contributed by atoms with van der Waals surface area (Å²) in [6.07, 6.45) is 1.71. The molecule has 0 radical (unpaired) electrons. The largest absolute Gasteiger partial charge is 0.353 e. The molecule has 1 aliphatic rings. The molecule has 2 N–H and O–H groups in total. The Morgan fingerprint density at radius 1 is 1.33 bits per heavy atom. The van der Waals surface area contributed by atoms with Crippen LogP contribution in [0.2, 0.25) is 5.02 Å². The molecule has 1 amide bonds. The van der Waals surface area contributed by atoms with E-state index in [0.29, 0.717) is 11.6 Å². The van der Waals surface area contributed by atoms with Gasteiger partial charge in [0.15, 0.2) is 0 Å². The fraction of sp³-hybridized carbons (Fsp3) is 0.231. The normalized spacial score (nSPS) is 19.8. The highest BCUT2D eigenvalue weighted by atomic mass is 35.5. The van der Waals surface area contributed by atoms with Crippen molar-refractivity contribution in [2.75, 3.05) is 13.1 Å². The van der Waals surface area contributed by atoms with Gasteiger partial charge in [0.1, 0.15) is 6.04 Å². The lowest BCUT2D eigenvalue weighted by molar-refractivity contribution is -0.124. The highest BCUT2D eigenvalue weighted by Gasteiger charge is 2.23. The Bertz CT molecular complexity index is 614. The van der Waals surface area contributed by atoms with Gasteiger partial charge in [0, 0.05) is 24.7 Å². The molecule has 2 aromatic rings. The number of nitrogens with one attached hydrogen (secondary N) is 2. The van der Waals surface area contributed by atoms with E-state index in [1.165, 1.54) is 0 Å². The van der Waals surface area contributed by atoms with E-state index < -0.39 is 0 Å². The zero-order chi connectivity index (χ0) is 12.5. The third-order valence-electron chi connectivity index (χ3n) is 3.05. The van der Waals surface area contributed by atoms with Crippen molar-refractivity contribution >= 4 is 28.4 Å². The molecule has 1 fully saturated rings. The Kier molecular flexibility index (Phi) is 2.89. The fourth-order valence-electron chi connectivity index (χ4n) is 2.16. The van der Waals surface area contributed by atoms with Crippen LogP contribution < -0.4 is 10.6 Å². The average molecular weight is 262 g/mol. The first kappa shape index (κ1) is 11.4. The third-order valence-corrected chi connectivity index (χ3v) is 3.36. The number of para-hydroxylation sites is 1. The lowest BCUT2D eigenvalue weighted by Crippen LogP contribution is -2.47. The van der Waals surface area contributed by atoms with Crippen molar-refractivity contribution in [3.63, 3.8) is 0 Å². The average Bonchev–Trinajstić information content (AvgIpc) is 2.39. The molecule has 0 saturated carbocycles. The second-order valence-corrected chi connectivity index (χ2v) is 4.67. The van der Waals surface area contributed by atoms with Crippen LogP contribution in [0.3, 0.4) is 0 Å². The number of halogens is 1. The molecule has 1 atom stereocenters. The summed E-state index contributed by atoms with van der Waals surface area (Å²) in [6.45, 7) is 1.44. The van der Waals surface area contributed by atoms with Gasteiger partial charge in [-0.15, -0.1) is 0 Å². The number of amides is 1. The summed E-state index contributed by atoms with van der Waals surface area (Å²) in [5.41, 5.74) is 1.63. The number of carbonyl (C=O) groups is 1. The van der Waals surface area contributed by atoms with Crippen LogP contribution in [0.25, 0.3) is 10.9 Å². The van der Waals surface area contributed by atoms with Gasteiger partial charge in [0.25, 0.3) is 0 Å². The van der Waals surface area contributed by atoms with Crippen LogP contribution in [0.5, 0.6) is 0 Å². The van der Waals surface area contributed by atoms with E-state index in [1.54, 1.807) is 6.20 Å². The highest BCUT2D eigenvalue weighted by Crippen LogP contribution is 2.24. The summed E-state index contributed by atoms with van der Waals surface area (Å²) in [4.78, 5) is 16.1. The minimum atomic E-state index is -0.324. The first-order valence-corrected chi connectivity index (χ1v) is 6.19. The first-order valence-electron chi connectivity index (χ1n) is 5.81. The number of rotatable bonds is 1. The molecule has 4 nitrogen and oxygen atoms in total. The van der Waals surface area contributed by atoms with E-state index in [9.17, 15) is 4.79 Å². The van der Waals surface area contributed by atoms with Crippen LogP contribution >= 0.6 is 11.6 Å². The molecule has 1 saturated heterocycles. The van der Waals surface area contributed by atoms with E-state index in [1.807, 2.05) is 24.3 Å². The van der Waals surface area contributed by atoms with Crippen LogP contribution in [0.15, 0.2) is 30.5 Å². The molecule has 18 heavy (non-hydrogen) atoms. The van der Waals surface area contributed by atoms with Gasteiger partial charge in [-0.05, 0) is 17.7 Å². The van der Waals surface area contributed by atoms with Gasteiger partial charge in [0.2, 0.25) is 5.91 Å². The Hall–Kier alpha value is -1.65. The molecule has 5 heteroatoms. The van der Waals surface area contributed by atoms with E-state index in [2.05, 4.69) is 15.6 Å². The van der Waals surface area contributed by atoms with Crippen LogP contribution in [-0.4, -0.2) is 24.0 Å². The number of piperazine rings is 1. The minimum Gasteiger partial charge on any atom is -0.353 e. The molecule has 0 bridgehead atoms. The maximum atomic E-state index is 11.8. The zero-order valence-corrected chi connectivity index (χ0v) is 10.4. The van der Waals surface area contributed by atoms with Crippen molar-refractivity contribution in [3.8, 4) is 0 Å². The molecule has 1 aromatic carbocycles. The molecular weight excluding hydrogens is 250 g/mol. The van der Waals surface area contributed by atoms with E-state index in [-0.39, 0.29) is 11.9 Å². The van der Waals surface area contributed by atoms with Crippen LogP contribution in [-0.2, 0) is 4.79 Å². The van der Waals surface area contributed by atoms with Gasteiger partial charge in [-0.2, -0.15) is 0 Å². The summed E-state index contributed by atoms with van der Waals surface area (Å²) in [5, 5.41) is 7.58. The molecule has 92 valence electrons. The van der Waals surface area contributed by atoms with Gasteiger partial charge in [0.05, 0.1) is 10.5 Å². The highest BCUT2D eigenvalue weighted by molar-refractivity contribution is 6.35. The molecule has 1 aliphatic heterocycles. The number of carbonyl (C=O) groups excluding carboxylic acids is 1. The number of nitrogens with zero attached hydrogens (tertiary/aromatic N) is 1. The Morgan fingerprint density at radius 2 is 2.22 bits per heavy atom. The fourth-order valence-corrected chi connectivity index (χ4v) is 2.40. The summed E-state index contributed by atoms with van der Waals surface area (Å²) < 4.78 is 0. The summed E-state index contributed by atoms with van der Waals surface area (Å²) in [6, 6.07) is 7.26. The first-order chi connectivity index (χ1) is 8.75. The third kappa shape index (κ3) is 1.94. The number of fused-ring (bicyclic) bond motifs is 1. The number of benzene rings is 1. The molecule has 2 heterocycles. The standard InChI is InChI=1S/C13H12ClN3O/c14-10-3-1-2-8-6-9(7-17-11(8)10)12-13(18)16-5-4-15-12/h1-3,6-7,12,15H,4-5H2,(H,16,18). The predicted molar refractivity (Wildman–Crippen MR) is 70.5 cm³/mol. The second kappa shape index (κ2) is 4.55. The van der Waals surface area contributed by atoms with Gasteiger partial charge >= 0.3 is 0 Å². The molecule has 0 aliphatic carbocycles. The van der Waals surface area contributed by atoms with Gasteiger partial charge in [-0.1, -0.05) is 23.7 Å². The van der Waals surface area contributed by atoms with Crippen LogP contribution in [0.4, 0.5) is 0 Å². The summed E-state index contributed by atoms with van der Waals surface area (Å²) >= 11 is 6.07. The van der Waals surface area contributed by atoms with Gasteiger partial charge in [-0.25, -0.2) is 0 Å². The maximum Gasteiger partial charge on any atom is 0.241 e. The van der Waals surface area contributed by atoms with Crippen LogP contribution in [0, 0.1) is 0 Å². The number of pyridine rings is 1. The van der Waals surface area contributed by atoms with E-state index >= 15 is 0 Å². The topological polar surface area (TPSA) is 54.0 Å². The van der Waals surface area contributed by atoms with E-state index in [0.717, 1.165) is 23.0 Å². The van der Waals surface area contributed by atoms with Crippen LogP contribution in [0.1, 0.15) is 11.6 Å². The molecule has 1 aromatic heterocycles. The molecular formula is C13H12ClN3O. The summed E-state index contributed by atoms with van der Waals surface area (Å²) in [5.74, 6) is -0.00979. The lowest BCUT2D eigenvalue weighted by atomic mass is 10.0. The van der Waals surface area contributed by atoms with Crippen molar-refractivity contribution in [1.82, 2.24) is 15.6 Å². The molecule has 3 rings (SSSR count). The molecule has 0 spiro atoms. The van der Waals surface area contributed by atoms with E-state index in [4.69, 9.17) is 11.6 Å². The summed E-state index contributed by atoms with van der Waals surface area (Å²) in [7, 11) is 0. The van der Waals surface area contributed by atoms with Crippen molar-refractivity contribution in [2.45, 2.75) is 6.04 Å². The number of aromatic nitrogens is 1. The Morgan fingerprint density at radius 3 is 3.06 bits per heavy atom. The van der Waals surface area contributed by atoms with Crippen molar-refractivity contribution < 1.29 is 4.79 Å². The lowest BCUT2D eigenvalue weighted by Gasteiger charge is -2.23. The SMILES string of the molecule is O=C1NCCNC1c1cnc2c(Cl)cccc2c1. The van der Waals surface area contributed by atoms with Crippen molar-refractivity contribution in [2.24, 2.45) is 0 Å². The molecule has 1 unspecified atom stereocenters. The minimum absolute atomic E-state index is 0.00979. The second-order valence-electron chi connectivity index (χ2n) is 4.26. The quantitative estimate of drug-likeness (QED) is 0.821. The predicted octanol–water partition coefficient (Wildman–Crippen LogP) is 1.65. The Balaban J connectivity index is 2.05. The number of hydrogen-bond acceptors (Lipinski definition) is 3. The number of hydrogen-bond donors (Lipinski definition) is 2. The maximum absolute atomic E-state index is 11.8. The van der Waals surface area contributed by atoms with Crippen molar-refractivity contribution in [1.29, 1.82) is 0 Å². The van der Waals surface area contributed by atoms with Crippen molar-refractivity contribution in [3.05, 3.63) is 41.0 Å². The smallest absolute Gasteiger partial charge is 0.241 e. The van der Waals surface area contributed by atoms with Gasteiger partial charge in [-0.3, -0.25) is 9.78 Å².